The lowest BCUT2D eigenvalue weighted by molar-refractivity contribution is -0.858. The minimum Gasteiger partial charge on any atom is -0.497 e. The first-order valence-corrected chi connectivity index (χ1v) is 10.3. The van der Waals surface area contributed by atoms with Crippen molar-refractivity contribution in [2.75, 3.05) is 46.0 Å². The highest BCUT2D eigenvalue weighted by molar-refractivity contribution is 7.22. The molecular weight excluding hydrogens is 390 g/mol. The summed E-state index contributed by atoms with van der Waals surface area (Å²) in [5.41, 5.74) is 1.41. The first kappa shape index (κ1) is 19.5. The number of quaternary nitrogens is 1. The summed E-state index contributed by atoms with van der Waals surface area (Å²) in [7, 11) is 5.82. The van der Waals surface area contributed by atoms with Gasteiger partial charge in [-0.1, -0.05) is 11.3 Å². The number of nitrogens with zero attached hydrogens (tertiary/aromatic N) is 2. The van der Waals surface area contributed by atoms with Gasteiger partial charge in [0, 0.05) is 30.7 Å². The molecule has 0 aliphatic carbocycles. The van der Waals surface area contributed by atoms with Gasteiger partial charge in [-0.25, -0.2) is 4.98 Å². The van der Waals surface area contributed by atoms with Crippen molar-refractivity contribution in [2.24, 2.45) is 0 Å². The summed E-state index contributed by atoms with van der Waals surface area (Å²) in [6, 6.07) is 11.0. The van der Waals surface area contributed by atoms with Crippen molar-refractivity contribution in [2.45, 2.75) is 6.42 Å². The van der Waals surface area contributed by atoms with Gasteiger partial charge in [-0.15, -0.1) is 0 Å². The Kier molecular flexibility index (Phi) is 5.55. The highest BCUT2D eigenvalue weighted by Crippen LogP contribution is 2.40. The average Bonchev–Trinajstić information content (AvgIpc) is 3.34. The van der Waals surface area contributed by atoms with E-state index in [4.69, 9.17) is 19.2 Å². The number of nitrogens with one attached hydrogen (secondary N) is 1. The molecule has 0 radical (unpaired) electrons. The summed E-state index contributed by atoms with van der Waals surface area (Å²) in [5.74, 6) is 2.06. The molecule has 1 aliphatic heterocycles. The Labute approximate surface area is 173 Å². The van der Waals surface area contributed by atoms with E-state index in [-0.39, 0.29) is 12.7 Å². The number of methoxy groups -OCH3 is 1. The first-order valence-electron chi connectivity index (χ1n) is 9.50. The molecule has 0 fully saturated rings. The van der Waals surface area contributed by atoms with Crippen molar-refractivity contribution < 1.29 is 23.9 Å². The fourth-order valence-corrected chi connectivity index (χ4v) is 4.19. The Morgan fingerprint density at radius 2 is 1.93 bits per heavy atom. The number of amides is 1. The molecule has 152 valence electrons. The molecule has 2 aromatic carbocycles. The first-order chi connectivity index (χ1) is 14.0. The number of ether oxygens (including phenoxy) is 3. The predicted octanol–water partition coefficient (Wildman–Crippen LogP) is 2.21. The lowest BCUT2D eigenvalue weighted by Crippen LogP contribution is -3.05. The molecule has 1 N–H and O–H groups in total. The second kappa shape index (κ2) is 8.26. The van der Waals surface area contributed by atoms with Crippen molar-refractivity contribution in [1.82, 2.24) is 4.98 Å². The highest BCUT2D eigenvalue weighted by Gasteiger charge is 2.23. The summed E-state index contributed by atoms with van der Waals surface area (Å²) in [4.78, 5) is 21.1. The van der Waals surface area contributed by atoms with Crippen LogP contribution < -0.4 is 24.0 Å². The molecule has 0 bridgehead atoms. The topological polar surface area (TPSA) is 65.3 Å². The largest absolute Gasteiger partial charge is 0.497 e. The van der Waals surface area contributed by atoms with E-state index >= 15 is 0 Å². The average molecular weight is 415 g/mol. The molecule has 1 amide bonds. The number of anilines is 1. The van der Waals surface area contributed by atoms with Crippen molar-refractivity contribution in [3.63, 3.8) is 0 Å². The predicted molar refractivity (Wildman–Crippen MR) is 113 cm³/mol. The number of rotatable bonds is 7. The summed E-state index contributed by atoms with van der Waals surface area (Å²) in [6.45, 7) is 1.80. The maximum absolute atomic E-state index is 13.3. The van der Waals surface area contributed by atoms with Crippen LogP contribution in [0.25, 0.3) is 10.2 Å². The van der Waals surface area contributed by atoms with E-state index in [1.807, 2.05) is 12.1 Å². The van der Waals surface area contributed by atoms with Gasteiger partial charge in [0.2, 0.25) is 6.79 Å². The number of hydrogen-bond donors (Lipinski definition) is 1. The van der Waals surface area contributed by atoms with Crippen LogP contribution in [-0.2, 0) is 0 Å². The van der Waals surface area contributed by atoms with E-state index in [1.54, 1.807) is 36.3 Å². The Morgan fingerprint density at radius 3 is 2.62 bits per heavy atom. The normalized spacial score (nSPS) is 12.6. The third kappa shape index (κ3) is 4.13. The second-order valence-corrected chi connectivity index (χ2v) is 8.17. The van der Waals surface area contributed by atoms with Gasteiger partial charge < -0.3 is 19.1 Å². The van der Waals surface area contributed by atoms with Crippen LogP contribution in [0, 0.1) is 0 Å². The zero-order valence-corrected chi connectivity index (χ0v) is 17.5. The minimum atomic E-state index is -0.0690. The number of aromatic nitrogens is 1. The summed E-state index contributed by atoms with van der Waals surface area (Å²) >= 11 is 1.49. The minimum absolute atomic E-state index is 0.0690. The second-order valence-electron chi connectivity index (χ2n) is 7.17. The van der Waals surface area contributed by atoms with Crippen LogP contribution in [0.15, 0.2) is 36.4 Å². The van der Waals surface area contributed by atoms with Gasteiger partial charge in [0.15, 0.2) is 16.6 Å². The number of fused-ring (bicyclic) bond motifs is 2. The van der Waals surface area contributed by atoms with Crippen LogP contribution in [0.3, 0.4) is 0 Å². The van der Waals surface area contributed by atoms with Crippen molar-refractivity contribution in [3.05, 3.63) is 42.0 Å². The van der Waals surface area contributed by atoms with Crippen LogP contribution in [0.2, 0.25) is 0 Å². The smallest absolute Gasteiger partial charge is 0.260 e. The number of carbonyl (C=O) groups excluding carboxylic acids is 1. The van der Waals surface area contributed by atoms with Gasteiger partial charge in [-0.2, -0.15) is 0 Å². The molecule has 0 saturated heterocycles. The van der Waals surface area contributed by atoms with Gasteiger partial charge in [-0.05, 0) is 24.3 Å². The molecule has 1 aliphatic rings. The van der Waals surface area contributed by atoms with E-state index < -0.39 is 0 Å². The Hall–Kier alpha value is -2.84. The fourth-order valence-electron chi connectivity index (χ4n) is 3.19. The van der Waals surface area contributed by atoms with E-state index in [1.165, 1.54) is 16.2 Å². The van der Waals surface area contributed by atoms with E-state index in [0.717, 1.165) is 34.7 Å². The lowest BCUT2D eigenvalue weighted by atomic mass is 10.2. The Bertz CT molecular complexity index is 976. The Morgan fingerprint density at radius 1 is 1.21 bits per heavy atom. The standard InChI is InChI=1S/C21H23N3O4S/c1-23(2)9-4-10-24(20(25)14-5-7-15(26-3)8-6-14)21-22-16-11-17-18(28-13-27-17)12-19(16)29-21/h5-8,11-12H,4,9-10,13H2,1-3H3/p+1. The molecule has 1 aromatic heterocycles. The lowest BCUT2D eigenvalue weighted by Gasteiger charge is -2.20. The van der Waals surface area contributed by atoms with Gasteiger partial charge in [-0.3, -0.25) is 9.69 Å². The molecule has 4 rings (SSSR count). The van der Waals surface area contributed by atoms with Crippen LogP contribution in [0.1, 0.15) is 16.8 Å². The van der Waals surface area contributed by atoms with Crippen LogP contribution in [-0.4, -0.2) is 52.0 Å². The maximum Gasteiger partial charge on any atom is 0.260 e. The van der Waals surface area contributed by atoms with Gasteiger partial charge in [0.05, 0.1) is 38.0 Å². The van der Waals surface area contributed by atoms with Crippen LogP contribution in [0.5, 0.6) is 17.2 Å². The monoisotopic (exact) mass is 414 g/mol. The summed E-state index contributed by atoms with van der Waals surface area (Å²) in [5, 5.41) is 0.679. The molecule has 29 heavy (non-hydrogen) atoms. The zero-order valence-electron chi connectivity index (χ0n) is 16.7. The van der Waals surface area contributed by atoms with E-state index in [0.29, 0.717) is 23.0 Å². The molecule has 0 saturated carbocycles. The third-order valence-corrected chi connectivity index (χ3v) is 5.78. The molecule has 3 aromatic rings. The summed E-state index contributed by atoms with van der Waals surface area (Å²) < 4.78 is 17.1. The van der Waals surface area contributed by atoms with Gasteiger partial charge in [0.1, 0.15) is 5.75 Å². The maximum atomic E-state index is 13.3. The number of carbonyl (C=O) groups is 1. The van der Waals surface area contributed by atoms with Crippen LogP contribution >= 0.6 is 11.3 Å². The molecule has 8 heteroatoms. The fraction of sp³-hybridized carbons (Fsp3) is 0.333. The van der Waals surface area contributed by atoms with E-state index in [2.05, 4.69) is 14.1 Å². The van der Waals surface area contributed by atoms with Gasteiger partial charge in [0.25, 0.3) is 5.91 Å². The van der Waals surface area contributed by atoms with E-state index in [9.17, 15) is 4.79 Å². The third-order valence-electron chi connectivity index (χ3n) is 4.74. The highest BCUT2D eigenvalue weighted by atomic mass is 32.1. The number of hydrogen-bond acceptors (Lipinski definition) is 6. The molecule has 0 spiro atoms. The summed E-state index contributed by atoms with van der Waals surface area (Å²) in [6.07, 6.45) is 0.878. The number of thiazole rings is 1. The van der Waals surface area contributed by atoms with Gasteiger partial charge >= 0.3 is 0 Å². The molecule has 0 atom stereocenters. The van der Waals surface area contributed by atoms with Crippen molar-refractivity contribution in [1.29, 1.82) is 0 Å². The molecule has 2 heterocycles. The Balaban J connectivity index is 1.65. The quantitative estimate of drug-likeness (QED) is 0.642. The molecule has 0 unspecified atom stereocenters. The van der Waals surface area contributed by atoms with Crippen molar-refractivity contribution >= 4 is 32.6 Å². The SMILES string of the molecule is COc1ccc(C(=O)N(CCC[NH+](C)C)c2nc3cc4c(cc3s2)OCO4)cc1. The molecular formula is C21H24N3O4S+. The van der Waals surface area contributed by atoms with Crippen LogP contribution in [0.4, 0.5) is 5.13 Å². The number of benzene rings is 2. The molecule has 7 nitrogen and oxygen atoms in total. The zero-order chi connectivity index (χ0) is 20.4. The van der Waals surface area contributed by atoms with Crippen molar-refractivity contribution in [3.8, 4) is 17.2 Å².